The van der Waals surface area contributed by atoms with Crippen LogP contribution in [0.25, 0.3) is 0 Å². The molecular formula is C20H39NO7P2. The molecule has 0 aliphatic carbocycles. The van der Waals surface area contributed by atoms with Crippen molar-refractivity contribution < 1.29 is 32.3 Å². The van der Waals surface area contributed by atoms with Crippen LogP contribution >= 0.6 is 15.6 Å². The Kier molecular flexibility index (Phi) is 16.6. The van der Waals surface area contributed by atoms with Gasteiger partial charge in [0.25, 0.3) is 0 Å². The number of rotatable bonds is 14. The van der Waals surface area contributed by atoms with Crippen LogP contribution in [0.4, 0.5) is 0 Å². The quantitative estimate of drug-likeness (QED) is 0.188. The first kappa shape index (κ1) is 31.4. The minimum atomic E-state index is -5.04. The summed E-state index contributed by atoms with van der Waals surface area (Å²) in [5.41, 5.74) is 4.46. The summed E-state index contributed by atoms with van der Waals surface area (Å²) in [5.74, 6) is 0. The largest absolute Gasteiger partial charge is 0.484 e. The maximum atomic E-state index is 12.6. The van der Waals surface area contributed by atoms with Gasteiger partial charge in [-0.25, -0.2) is 9.13 Å². The van der Waals surface area contributed by atoms with Crippen LogP contribution < -0.4 is 6.15 Å². The van der Waals surface area contributed by atoms with E-state index in [1.165, 1.54) is 11.1 Å². The fourth-order valence-electron chi connectivity index (χ4n) is 2.14. The summed E-state index contributed by atoms with van der Waals surface area (Å²) >= 11 is 0. The van der Waals surface area contributed by atoms with Gasteiger partial charge in [-0.3, -0.25) is 9.05 Å². The Hall–Kier alpha value is -0.820. The fraction of sp³-hybridized carbons (Fsp3) is 0.600. The normalized spacial score (nSPS) is 14.5. The summed E-state index contributed by atoms with van der Waals surface area (Å²) in [4.78, 5) is 18.0. The summed E-state index contributed by atoms with van der Waals surface area (Å²) in [6.45, 7) is 11.6. The highest BCUT2D eigenvalue weighted by Crippen LogP contribution is 2.61. The van der Waals surface area contributed by atoms with Gasteiger partial charge >= 0.3 is 15.6 Å². The second kappa shape index (κ2) is 15.9. The molecule has 0 amide bonds. The molecule has 0 aliphatic heterocycles. The Morgan fingerprint density at radius 2 is 1.10 bits per heavy atom. The molecule has 0 rings (SSSR count). The lowest BCUT2D eigenvalue weighted by molar-refractivity contribution is 0.159. The molecule has 30 heavy (non-hydrogen) atoms. The molecule has 0 radical (unpaired) electrons. The zero-order valence-electron chi connectivity index (χ0n) is 19.1. The van der Waals surface area contributed by atoms with Crippen LogP contribution in [-0.2, 0) is 22.5 Å². The summed E-state index contributed by atoms with van der Waals surface area (Å²) in [6.07, 6.45) is 10.9. The molecule has 0 aromatic carbocycles. The van der Waals surface area contributed by atoms with Crippen molar-refractivity contribution in [3.05, 3.63) is 46.6 Å². The predicted octanol–water partition coefficient (Wildman–Crippen LogP) is 6.78. The zero-order valence-corrected chi connectivity index (χ0v) is 20.9. The molecule has 0 spiro atoms. The molecule has 176 valence electrons. The van der Waals surface area contributed by atoms with Crippen LogP contribution in [0.15, 0.2) is 46.6 Å². The maximum absolute atomic E-state index is 12.6. The number of allylic oxidation sites excluding steroid dienone is 6. The molecule has 0 bridgehead atoms. The summed E-state index contributed by atoms with van der Waals surface area (Å²) in [7, 11) is -9.45. The van der Waals surface area contributed by atoms with Crippen molar-refractivity contribution in [2.45, 2.75) is 67.2 Å². The Bertz CT molecular complexity index is 667. The lowest BCUT2D eigenvalue weighted by Gasteiger charge is -2.17. The van der Waals surface area contributed by atoms with Gasteiger partial charge in [-0.05, 0) is 67.2 Å². The smallest absolute Gasteiger partial charge is 0.344 e. The number of phosphoric ester groups is 1. The minimum absolute atomic E-state index is 0. The SMILES string of the molecule is CC(C)=CCC/C(C)=C/COP(=O)(OC/C=C(\C)CCC=C(C)C)OP(=O)(O)O.N. The van der Waals surface area contributed by atoms with Crippen LogP contribution in [0.3, 0.4) is 0 Å². The molecule has 10 heteroatoms. The minimum Gasteiger partial charge on any atom is -0.344 e. The van der Waals surface area contributed by atoms with Gasteiger partial charge in [0.1, 0.15) is 0 Å². The standard InChI is InChI=1S/C20H36O7P2.H3N/c1-17(2)9-7-11-19(5)13-15-25-29(24,27-28(21,22)23)26-16-14-20(6)12-8-10-18(3)4;/h9-10,13-14H,7-8,11-12,15-16H2,1-6H3,(H2,21,22,23);1H3/b19-13+,20-14+;. The van der Waals surface area contributed by atoms with Crippen molar-refractivity contribution in [3.8, 4) is 0 Å². The van der Waals surface area contributed by atoms with Crippen molar-refractivity contribution in [3.63, 3.8) is 0 Å². The predicted molar refractivity (Wildman–Crippen MR) is 123 cm³/mol. The Morgan fingerprint density at radius 3 is 1.40 bits per heavy atom. The molecule has 0 aliphatic rings. The highest BCUT2D eigenvalue weighted by molar-refractivity contribution is 7.61. The molecule has 0 heterocycles. The van der Waals surface area contributed by atoms with E-state index in [1.807, 2.05) is 41.5 Å². The highest BCUT2D eigenvalue weighted by Gasteiger charge is 2.35. The average molecular weight is 467 g/mol. The third kappa shape index (κ3) is 19.2. The Balaban J connectivity index is 0. The van der Waals surface area contributed by atoms with Gasteiger partial charge in [0.15, 0.2) is 0 Å². The van der Waals surface area contributed by atoms with Crippen molar-refractivity contribution in [1.29, 1.82) is 0 Å². The van der Waals surface area contributed by atoms with E-state index in [-0.39, 0.29) is 19.4 Å². The fourth-order valence-corrected chi connectivity index (χ4v) is 4.15. The van der Waals surface area contributed by atoms with Crippen molar-refractivity contribution in [1.82, 2.24) is 6.15 Å². The Labute approximate surface area is 181 Å². The summed E-state index contributed by atoms with van der Waals surface area (Å²) in [6, 6.07) is 0. The first-order valence-corrected chi connectivity index (χ1v) is 12.6. The van der Waals surface area contributed by atoms with E-state index in [2.05, 4.69) is 16.5 Å². The van der Waals surface area contributed by atoms with E-state index in [9.17, 15) is 9.13 Å². The van der Waals surface area contributed by atoms with Crippen LogP contribution in [0, 0.1) is 0 Å². The van der Waals surface area contributed by atoms with Crippen LogP contribution in [0.1, 0.15) is 67.2 Å². The van der Waals surface area contributed by atoms with E-state index in [0.717, 1.165) is 36.8 Å². The molecule has 5 N–H and O–H groups in total. The molecule has 0 aromatic heterocycles. The lowest BCUT2D eigenvalue weighted by atomic mass is 10.1. The van der Waals surface area contributed by atoms with Gasteiger partial charge in [-0.1, -0.05) is 46.6 Å². The number of phosphoric acid groups is 2. The van der Waals surface area contributed by atoms with Crippen LogP contribution in [0.2, 0.25) is 0 Å². The van der Waals surface area contributed by atoms with E-state index >= 15 is 0 Å². The second-order valence-corrected chi connectivity index (χ2v) is 10.4. The van der Waals surface area contributed by atoms with Gasteiger partial charge in [0, 0.05) is 0 Å². The molecule has 0 unspecified atom stereocenters. The summed E-state index contributed by atoms with van der Waals surface area (Å²) in [5, 5.41) is 0. The van der Waals surface area contributed by atoms with E-state index < -0.39 is 15.6 Å². The molecule has 0 atom stereocenters. The van der Waals surface area contributed by atoms with Crippen LogP contribution in [0.5, 0.6) is 0 Å². The van der Waals surface area contributed by atoms with Crippen molar-refractivity contribution in [2.75, 3.05) is 13.2 Å². The first-order valence-electron chi connectivity index (χ1n) is 9.57. The van der Waals surface area contributed by atoms with Crippen molar-refractivity contribution >= 4 is 15.6 Å². The van der Waals surface area contributed by atoms with Gasteiger partial charge in [-0.2, -0.15) is 4.31 Å². The second-order valence-electron chi connectivity index (χ2n) is 7.35. The highest BCUT2D eigenvalue weighted by atomic mass is 31.3. The molecule has 8 nitrogen and oxygen atoms in total. The van der Waals surface area contributed by atoms with Crippen LogP contribution in [-0.4, -0.2) is 23.0 Å². The number of hydrogen-bond donors (Lipinski definition) is 3. The number of hydrogen-bond acceptors (Lipinski definition) is 6. The maximum Gasteiger partial charge on any atom is 0.484 e. The van der Waals surface area contributed by atoms with Gasteiger partial charge in [0.2, 0.25) is 0 Å². The van der Waals surface area contributed by atoms with Gasteiger partial charge in [0.05, 0.1) is 13.2 Å². The van der Waals surface area contributed by atoms with Gasteiger partial charge in [-0.15, -0.1) is 0 Å². The van der Waals surface area contributed by atoms with Gasteiger partial charge < -0.3 is 15.9 Å². The molecule has 0 saturated heterocycles. The molecule has 0 fully saturated rings. The van der Waals surface area contributed by atoms with E-state index in [1.54, 1.807) is 12.2 Å². The zero-order chi connectivity index (χ0) is 22.5. The first-order chi connectivity index (χ1) is 13.3. The van der Waals surface area contributed by atoms with Crippen molar-refractivity contribution in [2.24, 2.45) is 0 Å². The summed E-state index contributed by atoms with van der Waals surface area (Å²) < 4.78 is 38.2. The average Bonchev–Trinajstić information content (AvgIpc) is 2.52. The third-order valence-corrected chi connectivity index (χ3v) is 6.30. The monoisotopic (exact) mass is 467 g/mol. The molecule has 0 aromatic rings. The Morgan fingerprint density at radius 1 is 0.733 bits per heavy atom. The lowest BCUT2D eigenvalue weighted by Crippen LogP contribution is -2.01. The topological polar surface area (TPSA) is 137 Å². The molecular weight excluding hydrogens is 428 g/mol. The van der Waals surface area contributed by atoms with E-state index in [0.29, 0.717) is 0 Å². The van der Waals surface area contributed by atoms with E-state index in [4.69, 9.17) is 18.8 Å². The molecule has 0 saturated carbocycles. The third-order valence-electron chi connectivity index (χ3n) is 3.72.